The average molecular weight is 491 g/mol. The predicted octanol–water partition coefficient (Wildman–Crippen LogP) is 7.98. The normalized spacial score (nSPS) is 10.8. The molecule has 0 fully saturated rings. The average Bonchev–Trinajstić information content (AvgIpc) is 2.97. The first-order valence-electron chi connectivity index (χ1n) is 12.5. The standard InChI is InChI=1S/C34H26N4/c35-30-15-7-13-25(20-30)27-17-28(26-14-8-16-31(36)21-26)19-29(18-27)34-37-32(23-9-3-1-4-10-23)22-33(38-34)24-11-5-2-6-12-24/h1-22H,35-36H2. The van der Waals surface area contributed by atoms with Crippen molar-refractivity contribution in [3.8, 4) is 56.2 Å². The minimum absolute atomic E-state index is 0.654. The Morgan fingerprint density at radius 3 is 1.21 bits per heavy atom. The summed E-state index contributed by atoms with van der Waals surface area (Å²) < 4.78 is 0. The molecule has 0 amide bonds. The highest BCUT2D eigenvalue weighted by atomic mass is 14.9. The Balaban J connectivity index is 1.59. The summed E-state index contributed by atoms with van der Waals surface area (Å²) >= 11 is 0. The molecule has 182 valence electrons. The molecule has 0 unspecified atom stereocenters. The van der Waals surface area contributed by atoms with Gasteiger partial charge in [0.1, 0.15) is 0 Å². The minimum atomic E-state index is 0.654. The fourth-order valence-electron chi connectivity index (χ4n) is 4.62. The maximum absolute atomic E-state index is 6.14. The van der Waals surface area contributed by atoms with Crippen LogP contribution in [0.1, 0.15) is 0 Å². The van der Waals surface area contributed by atoms with Crippen molar-refractivity contribution in [1.82, 2.24) is 9.97 Å². The first kappa shape index (κ1) is 23.2. The first-order chi connectivity index (χ1) is 18.6. The van der Waals surface area contributed by atoms with Crippen molar-refractivity contribution in [2.24, 2.45) is 0 Å². The Hall–Kier alpha value is -5.22. The molecule has 4 nitrogen and oxygen atoms in total. The van der Waals surface area contributed by atoms with Crippen molar-refractivity contribution < 1.29 is 0 Å². The minimum Gasteiger partial charge on any atom is -0.399 e. The number of nitrogens with zero attached hydrogens (tertiary/aromatic N) is 2. The van der Waals surface area contributed by atoms with Gasteiger partial charge in [-0.1, -0.05) is 84.9 Å². The van der Waals surface area contributed by atoms with Gasteiger partial charge in [-0.3, -0.25) is 0 Å². The van der Waals surface area contributed by atoms with Crippen LogP contribution in [0.2, 0.25) is 0 Å². The Morgan fingerprint density at radius 1 is 0.342 bits per heavy atom. The van der Waals surface area contributed by atoms with E-state index in [0.29, 0.717) is 17.2 Å². The highest BCUT2D eigenvalue weighted by molar-refractivity contribution is 5.82. The van der Waals surface area contributed by atoms with Crippen LogP contribution >= 0.6 is 0 Å². The fraction of sp³-hybridized carbons (Fsp3) is 0. The Morgan fingerprint density at radius 2 is 0.763 bits per heavy atom. The summed E-state index contributed by atoms with van der Waals surface area (Å²) in [6, 6.07) is 44.7. The van der Waals surface area contributed by atoms with E-state index in [1.54, 1.807) is 0 Å². The van der Waals surface area contributed by atoms with Crippen LogP contribution in [0.3, 0.4) is 0 Å². The zero-order valence-corrected chi connectivity index (χ0v) is 20.8. The molecular formula is C34H26N4. The van der Waals surface area contributed by atoms with Gasteiger partial charge >= 0.3 is 0 Å². The molecule has 1 heterocycles. The third-order valence-electron chi connectivity index (χ3n) is 6.50. The molecule has 0 spiro atoms. The lowest BCUT2D eigenvalue weighted by atomic mass is 9.95. The summed E-state index contributed by atoms with van der Waals surface area (Å²) in [5, 5.41) is 0. The van der Waals surface area contributed by atoms with Crippen molar-refractivity contribution in [2.75, 3.05) is 11.5 Å². The summed E-state index contributed by atoms with van der Waals surface area (Å²) in [5.74, 6) is 0.654. The lowest BCUT2D eigenvalue weighted by Gasteiger charge is -2.13. The number of anilines is 2. The van der Waals surface area contributed by atoms with Gasteiger partial charge < -0.3 is 11.5 Å². The van der Waals surface area contributed by atoms with Crippen LogP contribution in [-0.4, -0.2) is 9.97 Å². The van der Waals surface area contributed by atoms with Crippen molar-refractivity contribution in [2.45, 2.75) is 0 Å². The van der Waals surface area contributed by atoms with Crippen LogP contribution in [0.25, 0.3) is 56.2 Å². The molecule has 0 saturated carbocycles. The number of nitrogens with two attached hydrogens (primary N) is 2. The molecule has 0 aliphatic carbocycles. The van der Waals surface area contributed by atoms with Crippen LogP contribution in [0.4, 0.5) is 11.4 Å². The molecule has 6 rings (SSSR count). The molecule has 0 radical (unpaired) electrons. The van der Waals surface area contributed by atoms with E-state index in [1.165, 1.54) is 0 Å². The predicted molar refractivity (Wildman–Crippen MR) is 158 cm³/mol. The third-order valence-corrected chi connectivity index (χ3v) is 6.50. The van der Waals surface area contributed by atoms with Crippen LogP contribution in [0.15, 0.2) is 133 Å². The molecule has 0 atom stereocenters. The van der Waals surface area contributed by atoms with E-state index in [-0.39, 0.29) is 0 Å². The SMILES string of the molecule is Nc1cccc(-c2cc(-c3cccc(N)c3)cc(-c3nc(-c4ccccc4)cc(-c4ccccc4)n3)c2)c1. The number of rotatable bonds is 5. The number of benzene rings is 5. The maximum atomic E-state index is 6.14. The lowest BCUT2D eigenvalue weighted by Crippen LogP contribution is -1.97. The number of nitrogen functional groups attached to an aromatic ring is 2. The molecule has 0 saturated heterocycles. The second kappa shape index (κ2) is 10.0. The fourth-order valence-corrected chi connectivity index (χ4v) is 4.62. The van der Waals surface area contributed by atoms with E-state index in [1.807, 2.05) is 72.8 Å². The van der Waals surface area contributed by atoms with Gasteiger partial charge in [0.15, 0.2) is 5.82 Å². The smallest absolute Gasteiger partial charge is 0.160 e. The molecule has 5 aromatic carbocycles. The molecule has 4 heteroatoms. The molecule has 0 aliphatic rings. The van der Waals surface area contributed by atoms with Gasteiger partial charge in [-0.25, -0.2) is 9.97 Å². The molecule has 0 aliphatic heterocycles. The molecule has 38 heavy (non-hydrogen) atoms. The van der Waals surface area contributed by atoms with Crippen molar-refractivity contribution in [3.05, 3.63) is 133 Å². The van der Waals surface area contributed by atoms with Gasteiger partial charge in [-0.05, 0) is 70.8 Å². The van der Waals surface area contributed by atoms with Crippen LogP contribution in [0, 0.1) is 0 Å². The van der Waals surface area contributed by atoms with Crippen molar-refractivity contribution >= 4 is 11.4 Å². The highest BCUT2D eigenvalue weighted by Crippen LogP contribution is 2.34. The zero-order chi connectivity index (χ0) is 25.9. The van der Waals surface area contributed by atoms with Crippen molar-refractivity contribution in [3.63, 3.8) is 0 Å². The van der Waals surface area contributed by atoms with Gasteiger partial charge in [-0.2, -0.15) is 0 Å². The second-order valence-corrected chi connectivity index (χ2v) is 9.24. The summed E-state index contributed by atoms with van der Waals surface area (Å²) in [5.41, 5.74) is 22.6. The Labute approximate surface area is 222 Å². The van der Waals surface area contributed by atoms with Crippen LogP contribution < -0.4 is 11.5 Å². The maximum Gasteiger partial charge on any atom is 0.160 e. The van der Waals surface area contributed by atoms with E-state index >= 15 is 0 Å². The lowest BCUT2D eigenvalue weighted by molar-refractivity contribution is 1.18. The zero-order valence-electron chi connectivity index (χ0n) is 20.8. The van der Waals surface area contributed by atoms with Crippen LogP contribution in [0.5, 0.6) is 0 Å². The van der Waals surface area contributed by atoms with Gasteiger partial charge in [0.2, 0.25) is 0 Å². The van der Waals surface area contributed by atoms with E-state index in [9.17, 15) is 0 Å². The Bertz CT molecular complexity index is 1610. The number of hydrogen-bond acceptors (Lipinski definition) is 4. The Kier molecular flexibility index (Phi) is 6.12. The van der Waals surface area contributed by atoms with Crippen molar-refractivity contribution in [1.29, 1.82) is 0 Å². The van der Waals surface area contributed by atoms with E-state index < -0.39 is 0 Å². The molecular weight excluding hydrogens is 464 g/mol. The van der Waals surface area contributed by atoms with E-state index in [0.717, 1.165) is 50.3 Å². The summed E-state index contributed by atoms with van der Waals surface area (Å²) in [7, 11) is 0. The first-order valence-corrected chi connectivity index (χ1v) is 12.5. The molecule has 1 aromatic heterocycles. The molecule has 0 bridgehead atoms. The number of hydrogen-bond donors (Lipinski definition) is 2. The van der Waals surface area contributed by atoms with Gasteiger partial charge in [0.25, 0.3) is 0 Å². The highest BCUT2D eigenvalue weighted by Gasteiger charge is 2.14. The van der Waals surface area contributed by atoms with Gasteiger partial charge in [0.05, 0.1) is 11.4 Å². The molecule has 6 aromatic rings. The van der Waals surface area contributed by atoms with E-state index in [2.05, 4.69) is 60.7 Å². The second-order valence-electron chi connectivity index (χ2n) is 9.24. The van der Waals surface area contributed by atoms with Gasteiger partial charge in [0, 0.05) is 28.1 Å². The third kappa shape index (κ3) is 4.88. The quantitative estimate of drug-likeness (QED) is 0.240. The number of aromatic nitrogens is 2. The van der Waals surface area contributed by atoms with E-state index in [4.69, 9.17) is 21.4 Å². The largest absolute Gasteiger partial charge is 0.399 e. The van der Waals surface area contributed by atoms with Gasteiger partial charge in [-0.15, -0.1) is 0 Å². The summed E-state index contributed by atoms with van der Waals surface area (Å²) in [6.45, 7) is 0. The topological polar surface area (TPSA) is 77.8 Å². The molecule has 4 N–H and O–H groups in total. The monoisotopic (exact) mass is 490 g/mol. The summed E-state index contributed by atoms with van der Waals surface area (Å²) in [6.07, 6.45) is 0. The summed E-state index contributed by atoms with van der Waals surface area (Å²) in [4.78, 5) is 10.1. The van der Waals surface area contributed by atoms with Crippen LogP contribution in [-0.2, 0) is 0 Å².